The minimum Gasteiger partial charge on any atom is -0.361 e. The first-order chi connectivity index (χ1) is 11.5. The number of carbonyl (C=O) groups excluding carboxylic acids is 1. The molecule has 1 aliphatic heterocycles. The molecule has 8 heteroatoms. The summed E-state index contributed by atoms with van der Waals surface area (Å²) in [6.45, 7) is 5.20. The molecule has 0 aromatic carbocycles. The summed E-state index contributed by atoms with van der Waals surface area (Å²) in [5.74, 6) is 2.31. The van der Waals surface area contributed by atoms with E-state index in [0.29, 0.717) is 12.2 Å². The molecule has 1 saturated heterocycles. The summed E-state index contributed by atoms with van der Waals surface area (Å²) in [6, 6.07) is 3.71. The van der Waals surface area contributed by atoms with Crippen molar-refractivity contribution in [3.63, 3.8) is 0 Å². The van der Waals surface area contributed by atoms with Crippen LogP contribution in [0.1, 0.15) is 41.0 Å². The van der Waals surface area contributed by atoms with Gasteiger partial charge in [0.05, 0.1) is 6.04 Å². The standard InChI is InChI=1S/C16H23N7O/c1-11-17-12(2)23(20-11)13-6-5-9-22(10-13)16(24)14-7-8-15(19-18-14)21(3)4/h7-8,13H,5-6,9-10H2,1-4H3/t13-/m0/s1. The van der Waals surface area contributed by atoms with Crippen LogP contribution in [0.2, 0.25) is 0 Å². The van der Waals surface area contributed by atoms with Gasteiger partial charge in [0.2, 0.25) is 0 Å². The molecule has 1 aliphatic rings. The maximum atomic E-state index is 12.7. The predicted octanol–water partition coefficient (Wildman–Crippen LogP) is 1.23. The van der Waals surface area contributed by atoms with Crippen LogP contribution in [0.4, 0.5) is 5.82 Å². The molecule has 3 rings (SSSR count). The molecule has 1 amide bonds. The lowest BCUT2D eigenvalue weighted by atomic mass is 10.1. The molecule has 0 spiro atoms. The van der Waals surface area contributed by atoms with Gasteiger partial charge < -0.3 is 9.80 Å². The van der Waals surface area contributed by atoms with Crippen molar-refractivity contribution in [2.75, 3.05) is 32.1 Å². The molecule has 2 aromatic rings. The van der Waals surface area contributed by atoms with Crippen molar-refractivity contribution in [2.24, 2.45) is 0 Å². The second-order valence-electron chi connectivity index (χ2n) is 6.37. The van der Waals surface area contributed by atoms with E-state index < -0.39 is 0 Å². The van der Waals surface area contributed by atoms with Gasteiger partial charge >= 0.3 is 0 Å². The molecule has 0 radical (unpaired) electrons. The van der Waals surface area contributed by atoms with Gasteiger partial charge in [-0.1, -0.05) is 0 Å². The van der Waals surface area contributed by atoms with Crippen LogP contribution in [0.15, 0.2) is 12.1 Å². The normalized spacial score (nSPS) is 17.8. The summed E-state index contributed by atoms with van der Waals surface area (Å²) < 4.78 is 1.94. The number of likely N-dealkylation sites (tertiary alicyclic amines) is 1. The van der Waals surface area contributed by atoms with E-state index in [1.54, 1.807) is 6.07 Å². The summed E-state index contributed by atoms with van der Waals surface area (Å²) in [5.41, 5.74) is 0.382. The van der Waals surface area contributed by atoms with Crippen molar-refractivity contribution < 1.29 is 4.79 Å². The lowest BCUT2D eigenvalue weighted by Crippen LogP contribution is -2.41. The Morgan fingerprint density at radius 1 is 1.25 bits per heavy atom. The zero-order valence-electron chi connectivity index (χ0n) is 14.6. The Bertz CT molecular complexity index is 723. The SMILES string of the molecule is Cc1nc(C)n([C@H]2CCCN(C(=O)c3ccc(N(C)C)nn3)C2)n1. The third-order valence-electron chi connectivity index (χ3n) is 4.27. The van der Waals surface area contributed by atoms with Gasteiger partial charge in [-0.05, 0) is 38.8 Å². The van der Waals surface area contributed by atoms with Crippen molar-refractivity contribution in [3.8, 4) is 0 Å². The van der Waals surface area contributed by atoms with Gasteiger partial charge in [-0.3, -0.25) is 4.79 Å². The number of aryl methyl sites for hydroxylation is 2. The van der Waals surface area contributed by atoms with E-state index in [-0.39, 0.29) is 11.9 Å². The predicted molar refractivity (Wildman–Crippen MR) is 90.0 cm³/mol. The molecule has 0 bridgehead atoms. The number of hydrogen-bond donors (Lipinski definition) is 0. The van der Waals surface area contributed by atoms with Crippen LogP contribution in [-0.2, 0) is 0 Å². The molecule has 1 atom stereocenters. The average molecular weight is 329 g/mol. The highest BCUT2D eigenvalue weighted by Gasteiger charge is 2.28. The second-order valence-corrected chi connectivity index (χ2v) is 6.37. The summed E-state index contributed by atoms with van der Waals surface area (Å²) in [5, 5.41) is 12.6. The van der Waals surface area contributed by atoms with E-state index in [1.165, 1.54) is 0 Å². The number of rotatable bonds is 3. The van der Waals surface area contributed by atoms with E-state index in [9.17, 15) is 4.79 Å². The first-order valence-electron chi connectivity index (χ1n) is 8.16. The fraction of sp³-hybridized carbons (Fsp3) is 0.562. The summed E-state index contributed by atoms with van der Waals surface area (Å²) in [4.78, 5) is 20.8. The lowest BCUT2D eigenvalue weighted by Gasteiger charge is -2.32. The number of hydrogen-bond acceptors (Lipinski definition) is 6. The number of carbonyl (C=O) groups is 1. The molecule has 3 heterocycles. The summed E-state index contributed by atoms with van der Waals surface area (Å²) >= 11 is 0. The van der Waals surface area contributed by atoms with Gasteiger partial charge in [0, 0.05) is 27.2 Å². The molecule has 24 heavy (non-hydrogen) atoms. The van der Waals surface area contributed by atoms with Crippen molar-refractivity contribution in [1.29, 1.82) is 0 Å². The van der Waals surface area contributed by atoms with Gasteiger partial charge in [0.1, 0.15) is 11.6 Å². The maximum Gasteiger partial charge on any atom is 0.274 e. The van der Waals surface area contributed by atoms with Crippen LogP contribution in [0, 0.1) is 13.8 Å². The molecule has 0 unspecified atom stereocenters. The Labute approximate surface area is 141 Å². The first-order valence-corrected chi connectivity index (χ1v) is 8.16. The highest BCUT2D eigenvalue weighted by molar-refractivity contribution is 5.92. The lowest BCUT2D eigenvalue weighted by molar-refractivity contribution is 0.0664. The molecular weight excluding hydrogens is 306 g/mol. The molecule has 0 saturated carbocycles. The van der Waals surface area contributed by atoms with Crippen LogP contribution in [0.25, 0.3) is 0 Å². The topological polar surface area (TPSA) is 80.0 Å². The summed E-state index contributed by atoms with van der Waals surface area (Å²) in [7, 11) is 3.78. The average Bonchev–Trinajstić information content (AvgIpc) is 2.93. The largest absolute Gasteiger partial charge is 0.361 e. The quantitative estimate of drug-likeness (QED) is 0.842. The second kappa shape index (κ2) is 6.54. The Hall–Kier alpha value is -2.51. The molecule has 8 nitrogen and oxygen atoms in total. The third-order valence-corrected chi connectivity index (χ3v) is 4.27. The van der Waals surface area contributed by atoms with Crippen LogP contribution in [-0.4, -0.2) is 63.0 Å². The van der Waals surface area contributed by atoms with Crippen molar-refractivity contribution in [2.45, 2.75) is 32.7 Å². The van der Waals surface area contributed by atoms with Gasteiger partial charge in [-0.15, -0.1) is 10.2 Å². The van der Waals surface area contributed by atoms with Crippen LogP contribution in [0.5, 0.6) is 0 Å². The maximum absolute atomic E-state index is 12.7. The number of nitrogens with zero attached hydrogens (tertiary/aromatic N) is 7. The van der Waals surface area contributed by atoms with Gasteiger partial charge in [0.15, 0.2) is 11.5 Å². The number of piperidine rings is 1. The fourth-order valence-electron chi connectivity index (χ4n) is 3.06. The summed E-state index contributed by atoms with van der Waals surface area (Å²) in [6.07, 6.45) is 1.94. The Balaban J connectivity index is 1.74. The van der Waals surface area contributed by atoms with E-state index in [0.717, 1.165) is 36.9 Å². The Morgan fingerprint density at radius 3 is 2.62 bits per heavy atom. The molecule has 0 aliphatic carbocycles. The highest BCUT2D eigenvalue weighted by atomic mass is 16.2. The van der Waals surface area contributed by atoms with Crippen molar-refractivity contribution >= 4 is 11.7 Å². The smallest absolute Gasteiger partial charge is 0.274 e. The first kappa shape index (κ1) is 16.4. The Kier molecular flexibility index (Phi) is 4.46. The van der Waals surface area contributed by atoms with E-state index in [2.05, 4.69) is 20.3 Å². The van der Waals surface area contributed by atoms with E-state index in [4.69, 9.17) is 0 Å². The zero-order chi connectivity index (χ0) is 17.3. The number of anilines is 1. The minimum absolute atomic E-state index is 0.0769. The minimum atomic E-state index is -0.0769. The fourth-order valence-corrected chi connectivity index (χ4v) is 3.06. The van der Waals surface area contributed by atoms with Crippen LogP contribution >= 0.6 is 0 Å². The highest BCUT2D eigenvalue weighted by Crippen LogP contribution is 2.23. The number of amides is 1. The molecule has 128 valence electrons. The molecular formula is C16H23N7O. The van der Waals surface area contributed by atoms with Crippen molar-refractivity contribution in [3.05, 3.63) is 29.5 Å². The number of aromatic nitrogens is 5. The molecule has 2 aromatic heterocycles. The Morgan fingerprint density at radius 2 is 2.04 bits per heavy atom. The third kappa shape index (κ3) is 3.22. The van der Waals surface area contributed by atoms with Gasteiger partial charge in [-0.2, -0.15) is 5.10 Å². The molecule has 1 fully saturated rings. The van der Waals surface area contributed by atoms with E-state index in [1.807, 2.05) is 48.5 Å². The molecule has 0 N–H and O–H groups in total. The van der Waals surface area contributed by atoms with Crippen LogP contribution in [0.3, 0.4) is 0 Å². The van der Waals surface area contributed by atoms with E-state index >= 15 is 0 Å². The van der Waals surface area contributed by atoms with Gasteiger partial charge in [0.25, 0.3) is 5.91 Å². The monoisotopic (exact) mass is 329 g/mol. The van der Waals surface area contributed by atoms with Crippen molar-refractivity contribution in [1.82, 2.24) is 29.9 Å². The zero-order valence-corrected chi connectivity index (χ0v) is 14.6. The van der Waals surface area contributed by atoms with Crippen LogP contribution < -0.4 is 4.90 Å². The van der Waals surface area contributed by atoms with Gasteiger partial charge in [-0.25, -0.2) is 9.67 Å².